The van der Waals surface area contributed by atoms with Crippen LogP contribution >= 0.6 is 0 Å². The van der Waals surface area contributed by atoms with Crippen molar-refractivity contribution in [3.05, 3.63) is 71.2 Å². The predicted octanol–water partition coefficient (Wildman–Crippen LogP) is 4.84. The number of pyridine rings is 1. The quantitative estimate of drug-likeness (QED) is 0.362. The average Bonchev–Trinajstić information content (AvgIpc) is 2.49. The van der Waals surface area contributed by atoms with Crippen LogP contribution in [0.15, 0.2) is 65.9 Å². The number of azide groups is 1. The van der Waals surface area contributed by atoms with Crippen molar-refractivity contribution in [2.24, 2.45) is 5.11 Å². The van der Waals surface area contributed by atoms with Crippen LogP contribution in [0.5, 0.6) is 0 Å². The molecule has 0 spiro atoms. The second kappa shape index (κ2) is 4.80. The molecule has 0 bridgehead atoms. The second-order valence-corrected chi connectivity index (χ2v) is 4.09. The summed E-state index contributed by atoms with van der Waals surface area (Å²) in [4.78, 5) is 7.36. The molecule has 90 valence electrons. The minimum absolute atomic E-state index is 0.624. The van der Waals surface area contributed by atoms with Gasteiger partial charge in [0.1, 0.15) is 0 Å². The van der Waals surface area contributed by atoms with E-state index in [4.69, 9.17) is 5.53 Å². The molecule has 3 aromatic rings. The van der Waals surface area contributed by atoms with Crippen LogP contribution in [0, 0.1) is 0 Å². The zero-order valence-corrected chi connectivity index (χ0v) is 10.1. The fourth-order valence-electron chi connectivity index (χ4n) is 2.11. The molecule has 19 heavy (non-hydrogen) atoms. The fourth-order valence-corrected chi connectivity index (χ4v) is 2.11. The number of nitrogens with zero attached hydrogens (tertiary/aromatic N) is 4. The Bertz CT molecular complexity index is 775. The smallest absolute Gasteiger partial charge is 0.0707 e. The minimum atomic E-state index is 0.624. The summed E-state index contributed by atoms with van der Waals surface area (Å²) in [7, 11) is 0. The maximum Gasteiger partial charge on any atom is 0.0707 e. The Labute approximate surface area is 110 Å². The van der Waals surface area contributed by atoms with Crippen LogP contribution in [0.25, 0.3) is 32.5 Å². The van der Waals surface area contributed by atoms with Gasteiger partial charge >= 0.3 is 0 Å². The number of hydrogen-bond donors (Lipinski definition) is 0. The molecule has 4 nitrogen and oxygen atoms in total. The van der Waals surface area contributed by atoms with Crippen LogP contribution < -0.4 is 0 Å². The summed E-state index contributed by atoms with van der Waals surface area (Å²) in [5.41, 5.74) is 12.1. The topological polar surface area (TPSA) is 61.7 Å². The minimum Gasteiger partial charge on any atom is -0.256 e. The highest BCUT2D eigenvalue weighted by Crippen LogP contribution is 2.35. The molecule has 0 saturated carbocycles. The predicted molar refractivity (Wildman–Crippen MR) is 76.0 cm³/mol. The highest BCUT2D eigenvalue weighted by molar-refractivity contribution is 5.97. The van der Waals surface area contributed by atoms with Crippen molar-refractivity contribution in [3.8, 4) is 11.1 Å². The summed E-state index contributed by atoms with van der Waals surface area (Å²) < 4.78 is 0. The van der Waals surface area contributed by atoms with Gasteiger partial charge in [-0.2, -0.15) is 0 Å². The van der Waals surface area contributed by atoms with Crippen molar-refractivity contribution in [2.75, 3.05) is 0 Å². The van der Waals surface area contributed by atoms with Gasteiger partial charge in [-0.15, -0.1) is 0 Å². The first-order valence-corrected chi connectivity index (χ1v) is 5.88. The Morgan fingerprint density at radius 1 is 0.947 bits per heavy atom. The maximum absolute atomic E-state index is 8.79. The van der Waals surface area contributed by atoms with Gasteiger partial charge in [-0.25, -0.2) is 0 Å². The van der Waals surface area contributed by atoms with Gasteiger partial charge in [0.2, 0.25) is 0 Å². The van der Waals surface area contributed by atoms with E-state index in [1.807, 2.05) is 54.6 Å². The number of para-hydroxylation sites is 1. The van der Waals surface area contributed by atoms with Crippen molar-refractivity contribution in [2.45, 2.75) is 0 Å². The van der Waals surface area contributed by atoms with Crippen LogP contribution in [0.4, 0.5) is 5.69 Å². The highest BCUT2D eigenvalue weighted by atomic mass is 15.1. The van der Waals surface area contributed by atoms with Crippen LogP contribution in [-0.2, 0) is 0 Å². The number of fused-ring (bicyclic) bond motifs is 1. The van der Waals surface area contributed by atoms with E-state index in [0.717, 1.165) is 22.0 Å². The lowest BCUT2D eigenvalue weighted by Gasteiger charge is -2.08. The summed E-state index contributed by atoms with van der Waals surface area (Å²) in [6.07, 6.45) is 1.75. The molecule has 1 aromatic heterocycles. The van der Waals surface area contributed by atoms with Crippen molar-refractivity contribution in [1.29, 1.82) is 0 Å². The third-order valence-electron chi connectivity index (χ3n) is 2.98. The van der Waals surface area contributed by atoms with E-state index < -0.39 is 0 Å². The van der Waals surface area contributed by atoms with Crippen LogP contribution in [-0.4, -0.2) is 4.98 Å². The number of benzene rings is 2. The van der Waals surface area contributed by atoms with Gasteiger partial charge in [0.15, 0.2) is 0 Å². The van der Waals surface area contributed by atoms with Crippen LogP contribution in [0.3, 0.4) is 0 Å². The molecule has 0 atom stereocenters. The SMILES string of the molecule is [N-]=[N+]=Nc1c(-c2ccccc2)cnc2ccccc12. The van der Waals surface area contributed by atoms with Gasteiger partial charge in [-0.1, -0.05) is 53.6 Å². The zero-order valence-electron chi connectivity index (χ0n) is 10.1. The molecule has 4 heteroatoms. The van der Waals surface area contributed by atoms with Gasteiger partial charge in [0.05, 0.1) is 11.2 Å². The normalized spacial score (nSPS) is 10.1. The van der Waals surface area contributed by atoms with E-state index in [1.165, 1.54) is 0 Å². The molecule has 2 aromatic carbocycles. The first-order chi connectivity index (χ1) is 9.40. The lowest BCUT2D eigenvalue weighted by molar-refractivity contribution is 1.38. The average molecular weight is 246 g/mol. The Morgan fingerprint density at radius 3 is 2.47 bits per heavy atom. The molecular weight excluding hydrogens is 236 g/mol. The van der Waals surface area contributed by atoms with E-state index in [0.29, 0.717) is 5.69 Å². The number of aromatic nitrogens is 1. The van der Waals surface area contributed by atoms with Crippen molar-refractivity contribution >= 4 is 16.6 Å². The van der Waals surface area contributed by atoms with E-state index in [2.05, 4.69) is 15.0 Å². The first-order valence-electron chi connectivity index (χ1n) is 5.88. The molecule has 0 aliphatic heterocycles. The van der Waals surface area contributed by atoms with E-state index >= 15 is 0 Å². The van der Waals surface area contributed by atoms with E-state index in [1.54, 1.807) is 6.20 Å². The van der Waals surface area contributed by atoms with Crippen molar-refractivity contribution < 1.29 is 0 Å². The Balaban J connectivity index is 2.37. The van der Waals surface area contributed by atoms with Gasteiger partial charge in [0.25, 0.3) is 0 Å². The van der Waals surface area contributed by atoms with Crippen molar-refractivity contribution in [1.82, 2.24) is 4.98 Å². The Hall–Kier alpha value is -2.84. The Morgan fingerprint density at radius 2 is 1.68 bits per heavy atom. The molecular formula is C15H10N4. The summed E-state index contributed by atoms with van der Waals surface area (Å²) >= 11 is 0. The van der Waals surface area contributed by atoms with Gasteiger partial charge in [-0.3, -0.25) is 4.98 Å². The largest absolute Gasteiger partial charge is 0.256 e. The molecule has 1 heterocycles. The van der Waals surface area contributed by atoms with Gasteiger partial charge in [-0.05, 0) is 17.2 Å². The van der Waals surface area contributed by atoms with E-state index in [9.17, 15) is 0 Å². The molecule has 3 rings (SSSR count). The molecule has 0 N–H and O–H groups in total. The zero-order chi connectivity index (χ0) is 13.1. The maximum atomic E-state index is 8.79. The lowest BCUT2D eigenvalue weighted by Crippen LogP contribution is -1.84. The third kappa shape index (κ3) is 2.01. The van der Waals surface area contributed by atoms with Crippen LogP contribution in [0.1, 0.15) is 0 Å². The lowest BCUT2D eigenvalue weighted by atomic mass is 10.0. The van der Waals surface area contributed by atoms with Crippen molar-refractivity contribution in [3.63, 3.8) is 0 Å². The second-order valence-electron chi connectivity index (χ2n) is 4.09. The molecule has 0 fully saturated rings. The summed E-state index contributed by atoms with van der Waals surface area (Å²) in [5, 5.41) is 4.71. The third-order valence-corrected chi connectivity index (χ3v) is 2.98. The summed E-state index contributed by atoms with van der Waals surface area (Å²) in [5.74, 6) is 0. The highest BCUT2D eigenvalue weighted by Gasteiger charge is 2.08. The number of hydrogen-bond acceptors (Lipinski definition) is 2. The molecule has 0 amide bonds. The molecule has 0 radical (unpaired) electrons. The number of rotatable bonds is 2. The summed E-state index contributed by atoms with van der Waals surface area (Å²) in [6.45, 7) is 0. The molecule has 0 unspecified atom stereocenters. The van der Waals surface area contributed by atoms with Crippen LogP contribution in [0.2, 0.25) is 0 Å². The Kier molecular flexibility index (Phi) is 2.85. The monoisotopic (exact) mass is 246 g/mol. The van der Waals surface area contributed by atoms with Gasteiger partial charge < -0.3 is 0 Å². The standard InChI is InChI=1S/C15H10N4/c16-19-18-15-12-8-4-5-9-14(12)17-10-13(15)11-6-2-1-3-7-11/h1-10H. The fraction of sp³-hybridized carbons (Fsp3) is 0. The molecule has 0 aliphatic carbocycles. The molecule has 0 aliphatic rings. The van der Waals surface area contributed by atoms with Gasteiger partial charge in [0, 0.05) is 22.1 Å². The van der Waals surface area contributed by atoms with E-state index in [-0.39, 0.29) is 0 Å². The summed E-state index contributed by atoms with van der Waals surface area (Å²) in [6, 6.07) is 17.4. The molecule has 0 saturated heterocycles. The first kappa shape index (κ1) is 11.3.